The molecule has 1 atom stereocenters. The highest BCUT2D eigenvalue weighted by Crippen LogP contribution is 2.19. The van der Waals surface area contributed by atoms with Gasteiger partial charge in [0.1, 0.15) is 0 Å². The minimum atomic E-state index is 0. The van der Waals surface area contributed by atoms with E-state index in [1.807, 2.05) is 0 Å². The summed E-state index contributed by atoms with van der Waals surface area (Å²) in [7, 11) is 0. The Morgan fingerprint density at radius 1 is 1.00 bits per heavy atom. The van der Waals surface area contributed by atoms with Gasteiger partial charge < -0.3 is 10.6 Å². The standard InChI is InChI=1S/C8H16N2.2ClH/c1-2-7(3-1)10-8-4-5-9-6-8;;/h7-10H,1-6H2;2*1H/t8-;;/m0../s1. The lowest BCUT2D eigenvalue weighted by Crippen LogP contribution is -2.43. The fourth-order valence-corrected chi connectivity index (χ4v) is 1.71. The summed E-state index contributed by atoms with van der Waals surface area (Å²) in [6.07, 6.45) is 5.60. The Balaban J connectivity index is 0.000000605. The van der Waals surface area contributed by atoms with Gasteiger partial charge in [-0.3, -0.25) is 0 Å². The van der Waals surface area contributed by atoms with Crippen molar-refractivity contribution in [3.8, 4) is 0 Å². The monoisotopic (exact) mass is 212 g/mol. The van der Waals surface area contributed by atoms with Crippen LogP contribution in [0.15, 0.2) is 0 Å². The van der Waals surface area contributed by atoms with Crippen molar-refractivity contribution in [2.45, 2.75) is 37.8 Å². The van der Waals surface area contributed by atoms with Crippen molar-refractivity contribution in [1.82, 2.24) is 10.6 Å². The predicted octanol–water partition coefficient (Wildman–Crippen LogP) is 1.33. The van der Waals surface area contributed by atoms with Gasteiger partial charge in [-0.1, -0.05) is 6.42 Å². The molecule has 2 fully saturated rings. The molecule has 0 aromatic carbocycles. The van der Waals surface area contributed by atoms with E-state index in [9.17, 15) is 0 Å². The van der Waals surface area contributed by atoms with E-state index in [1.165, 1.54) is 38.8 Å². The Hall–Kier alpha value is 0.500. The molecule has 0 unspecified atom stereocenters. The molecule has 1 saturated heterocycles. The number of halogens is 2. The third-order valence-corrected chi connectivity index (χ3v) is 2.64. The fourth-order valence-electron chi connectivity index (χ4n) is 1.71. The van der Waals surface area contributed by atoms with Crippen LogP contribution in [0.1, 0.15) is 25.7 Å². The Kier molecular flexibility index (Phi) is 6.28. The van der Waals surface area contributed by atoms with E-state index < -0.39 is 0 Å². The Morgan fingerprint density at radius 3 is 2.17 bits per heavy atom. The Labute approximate surface area is 86.7 Å². The number of nitrogens with one attached hydrogen (secondary N) is 2. The van der Waals surface area contributed by atoms with Gasteiger partial charge >= 0.3 is 0 Å². The number of rotatable bonds is 2. The van der Waals surface area contributed by atoms with Crippen molar-refractivity contribution in [3.05, 3.63) is 0 Å². The molecule has 2 N–H and O–H groups in total. The quantitative estimate of drug-likeness (QED) is 0.723. The highest BCUT2D eigenvalue weighted by Gasteiger charge is 2.22. The van der Waals surface area contributed by atoms with Gasteiger partial charge in [-0.15, -0.1) is 24.8 Å². The van der Waals surface area contributed by atoms with E-state index in [0.29, 0.717) is 0 Å². The lowest BCUT2D eigenvalue weighted by Gasteiger charge is -2.29. The zero-order valence-corrected chi connectivity index (χ0v) is 8.85. The SMILES string of the molecule is C1CC(N[C@H]2CCNC2)C1.Cl.Cl. The van der Waals surface area contributed by atoms with Crippen LogP contribution in [0, 0.1) is 0 Å². The second-order valence-corrected chi connectivity index (χ2v) is 3.48. The molecule has 0 spiro atoms. The van der Waals surface area contributed by atoms with Crippen LogP contribution in [0.4, 0.5) is 0 Å². The zero-order valence-electron chi connectivity index (χ0n) is 7.21. The van der Waals surface area contributed by atoms with Crippen LogP contribution in [0.3, 0.4) is 0 Å². The largest absolute Gasteiger partial charge is 0.315 e. The van der Waals surface area contributed by atoms with Crippen molar-refractivity contribution in [2.75, 3.05) is 13.1 Å². The van der Waals surface area contributed by atoms with Gasteiger partial charge in [0.2, 0.25) is 0 Å². The van der Waals surface area contributed by atoms with Gasteiger partial charge in [-0.2, -0.15) is 0 Å². The third-order valence-electron chi connectivity index (χ3n) is 2.64. The average Bonchev–Trinajstić information content (AvgIpc) is 2.29. The maximum absolute atomic E-state index is 3.65. The topological polar surface area (TPSA) is 24.1 Å². The first-order valence-electron chi connectivity index (χ1n) is 4.42. The van der Waals surface area contributed by atoms with E-state index in [1.54, 1.807) is 0 Å². The normalized spacial score (nSPS) is 28.5. The first-order chi connectivity index (χ1) is 4.95. The zero-order chi connectivity index (χ0) is 6.81. The van der Waals surface area contributed by atoms with E-state index in [0.717, 1.165) is 12.1 Å². The van der Waals surface area contributed by atoms with Crippen LogP contribution < -0.4 is 10.6 Å². The van der Waals surface area contributed by atoms with Crippen molar-refractivity contribution in [1.29, 1.82) is 0 Å². The number of hydrogen-bond donors (Lipinski definition) is 2. The molecule has 0 radical (unpaired) electrons. The summed E-state index contributed by atoms with van der Waals surface area (Å²) in [6, 6.07) is 1.65. The summed E-state index contributed by atoms with van der Waals surface area (Å²) < 4.78 is 0. The molecule has 2 aliphatic rings. The van der Waals surface area contributed by atoms with Crippen LogP contribution in [0.5, 0.6) is 0 Å². The Morgan fingerprint density at radius 2 is 1.75 bits per heavy atom. The van der Waals surface area contributed by atoms with E-state index in [4.69, 9.17) is 0 Å². The van der Waals surface area contributed by atoms with Gasteiger partial charge in [0, 0.05) is 18.6 Å². The van der Waals surface area contributed by atoms with Gasteiger partial charge in [0.25, 0.3) is 0 Å². The highest BCUT2D eigenvalue weighted by molar-refractivity contribution is 5.85. The maximum Gasteiger partial charge on any atom is 0.0207 e. The molecular formula is C8H18Cl2N2. The molecule has 2 rings (SSSR count). The molecule has 0 bridgehead atoms. The first kappa shape index (κ1) is 12.5. The van der Waals surface area contributed by atoms with Crippen LogP contribution in [0.25, 0.3) is 0 Å². The van der Waals surface area contributed by atoms with E-state index in [-0.39, 0.29) is 24.8 Å². The smallest absolute Gasteiger partial charge is 0.0207 e. The second kappa shape index (κ2) is 6.03. The van der Waals surface area contributed by atoms with Crippen LogP contribution in [-0.2, 0) is 0 Å². The summed E-state index contributed by atoms with van der Waals surface area (Å²) in [4.78, 5) is 0. The summed E-state index contributed by atoms with van der Waals surface area (Å²) in [5.74, 6) is 0. The van der Waals surface area contributed by atoms with Crippen molar-refractivity contribution < 1.29 is 0 Å². The molecule has 2 nitrogen and oxygen atoms in total. The van der Waals surface area contributed by atoms with Crippen LogP contribution in [0.2, 0.25) is 0 Å². The molecule has 0 aromatic heterocycles. The van der Waals surface area contributed by atoms with E-state index >= 15 is 0 Å². The van der Waals surface area contributed by atoms with Crippen LogP contribution >= 0.6 is 24.8 Å². The summed E-state index contributed by atoms with van der Waals surface area (Å²) in [5, 5.41) is 7.02. The second-order valence-electron chi connectivity index (χ2n) is 3.48. The summed E-state index contributed by atoms with van der Waals surface area (Å²) in [6.45, 7) is 2.40. The summed E-state index contributed by atoms with van der Waals surface area (Å²) >= 11 is 0. The van der Waals surface area contributed by atoms with Gasteiger partial charge in [-0.05, 0) is 25.8 Å². The molecule has 0 aromatic rings. The van der Waals surface area contributed by atoms with Gasteiger partial charge in [0.15, 0.2) is 0 Å². The van der Waals surface area contributed by atoms with Crippen molar-refractivity contribution >= 4 is 24.8 Å². The van der Waals surface area contributed by atoms with Gasteiger partial charge in [-0.25, -0.2) is 0 Å². The highest BCUT2D eigenvalue weighted by atomic mass is 35.5. The fraction of sp³-hybridized carbons (Fsp3) is 1.00. The molecule has 1 heterocycles. The minimum absolute atomic E-state index is 0. The molecule has 0 amide bonds. The maximum atomic E-state index is 3.65. The molecule has 1 aliphatic heterocycles. The summed E-state index contributed by atoms with van der Waals surface area (Å²) in [5.41, 5.74) is 0. The third kappa shape index (κ3) is 3.09. The van der Waals surface area contributed by atoms with Crippen molar-refractivity contribution in [2.24, 2.45) is 0 Å². The number of hydrogen-bond acceptors (Lipinski definition) is 2. The molecule has 74 valence electrons. The van der Waals surface area contributed by atoms with E-state index in [2.05, 4.69) is 10.6 Å². The minimum Gasteiger partial charge on any atom is -0.315 e. The van der Waals surface area contributed by atoms with Crippen molar-refractivity contribution in [3.63, 3.8) is 0 Å². The molecule has 1 aliphatic carbocycles. The average molecular weight is 213 g/mol. The van der Waals surface area contributed by atoms with Gasteiger partial charge in [0.05, 0.1) is 0 Å². The molecule has 4 heteroatoms. The molecular weight excluding hydrogens is 195 g/mol. The molecule has 1 saturated carbocycles. The molecule has 12 heavy (non-hydrogen) atoms. The first-order valence-corrected chi connectivity index (χ1v) is 4.42. The van der Waals surface area contributed by atoms with Crippen LogP contribution in [-0.4, -0.2) is 25.2 Å². The Bertz CT molecular complexity index is 112. The lowest BCUT2D eigenvalue weighted by molar-refractivity contribution is 0.310. The predicted molar refractivity (Wildman–Crippen MR) is 56.5 cm³/mol. The lowest BCUT2D eigenvalue weighted by atomic mass is 9.92.